The summed E-state index contributed by atoms with van der Waals surface area (Å²) in [6.45, 7) is 13.2. The fourth-order valence-electron chi connectivity index (χ4n) is 2.76. The van der Waals surface area contributed by atoms with Gasteiger partial charge in [-0.1, -0.05) is 25.6 Å². The fraction of sp³-hybridized carbons (Fsp3) is 0.579. The quantitative estimate of drug-likeness (QED) is 0.713. The van der Waals surface area contributed by atoms with Crippen LogP contribution in [0, 0.1) is 5.92 Å². The highest BCUT2D eigenvalue weighted by molar-refractivity contribution is 5.26. The van der Waals surface area contributed by atoms with Gasteiger partial charge in [0, 0.05) is 5.92 Å². The normalized spacial score (nSPS) is 24.4. The van der Waals surface area contributed by atoms with Crippen molar-refractivity contribution >= 4 is 0 Å². The van der Waals surface area contributed by atoms with Crippen molar-refractivity contribution < 1.29 is 18.9 Å². The van der Waals surface area contributed by atoms with Crippen molar-refractivity contribution in [1.82, 2.24) is 0 Å². The second-order valence-electron chi connectivity index (χ2n) is 6.71. The van der Waals surface area contributed by atoms with E-state index in [2.05, 4.69) is 13.5 Å². The zero-order valence-corrected chi connectivity index (χ0v) is 14.8. The Kier molecular flexibility index (Phi) is 5.84. The second-order valence-corrected chi connectivity index (χ2v) is 6.71. The summed E-state index contributed by atoms with van der Waals surface area (Å²) in [5, 5.41) is 0. The molecule has 0 aliphatic carbocycles. The number of benzene rings is 1. The minimum Gasteiger partial charge on any atom is -0.497 e. The highest BCUT2D eigenvalue weighted by atomic mass is 16.8. The van der Waals surface area contributed by atoms with Crippen LogP contribution in [-0.4, -0.2) is 31.7 Å². The van der Waals surface area contributed by atoms with Gasteiger partial charge in [0.1, 0.15) is 11.9 Å². The summed E-state index contributed by atoms with van der Waals surface area (Å²) in [6, 6.07) is 7.91. The predicted octanol–water partition coefficient (Wildman–Crippen LogP) is 3.94. The van der Waals surface area contributed by atoms with Crippen molar-refractivity contribution in [3.63, 3.8) is 0 Å². The van der Waals surface area contributed by atoms with Crippen LogP contribution in [0.1, 0.15) is 33.3 Å². The van der Waals surface area contributed by atoms with Gasteiger partial charge in [0.25, 0.3) is 0 Å². The van der Waals surface area contributed by atoms with Crippen LogP contribution >= 0.6 is 0 Å². The van der Waals surface area contributed by atoms with Crippen molar-refractivity contribution in [1.29, 1.82) is 0 Å². The van der Waals surface area contributed by atoms with Crippen LogP contribution < -0.4 is 4.74 Å². The molecule has 1 saturated heterocycles. The van der Waals surface area contributed by atoms with Crippen LogP contribution in [0.5, 0.6) is 5.75 Å². The molecule has 1 aromatic carbocycles. The van der Waals surface area contributed by atoms with Crippen molar-refractivity contribution in [2.75, 3.05) is 13.7 Å². The van der Waals surface area contributed by atoms with E-state index in [1.54, 1.807) is 7.11 Å². The molecule has 0 saturated carbocycles. The lowest BCUT2D eigenvalue weighted by molar-refractivity contribution is -0.150. The first kappa shape index (κ1) is 18.0. The molecule has 1 fully saturated rings. The van der Waals surface area contributed by atoms with Crippen LogP contribution in [-0.2, 0) is 20.8 Å². The number of hydrogen-bond acceptors (Lipinski definition) is 4. The van der Waals surface area contributed by atoms with Crippen molar-refractivity contribution in [3.05, 3.63) is 42.0 Å². The van der Waals surface area contributed by atoms with Gasteiger partial charge in [0.2, 0.25) is 0 Å². The van der Waals surface area contributed by atoms with Gasteiger partial charge in [0.05, 0.1) is 26.4 Å². The third-order valence-corrected chi connectivity index (χ3v) is 3.98. The monoisotopic (exact) mass is 320 g/mol. The van der Waals surface area contributed by atoms with Crippen molar-refractivity contribution in [2.45, 2.75) is 52.3 Å². The zero-order valence-electron chi connectivity index (χ0n) is 14.8. The molecule has 0 aromatic heterocycles. The number of methoxy groups -OCH3 is 1. The Labute approximate surface area is 139 Å². The van der Waals surface area contributed by atoms with Crippen LogP contribution in [0.15, 0.2) is 36.4 Å². The fourth-order valence-corrected chi connectivity index (χ4v) is 2.76. The van der Waals surface area contributed by atoms with Crippen LogP contribution in [0.3, 0.4) is 0 Å². The van der Waals surface area contributed by atoms with Gasteiger partial charge in [0.15, 0.2) is 5.79 Å². The van der Waals surface area contributed by atoms with Gasteiger partial charge in [-0.3, -0.25) is 0 Å². The molecule has 128 valence electrons. The van der Waals surface area contributed by atoms with Gasteiger partial charge in [-0.15, -0.1) is 0 Å². The highest BCUT2D eigenvalue weighted by Gasteiger charge is 2.44. The maximum Gasteiger partial charge on any atom is 0.164 e. The van der Waals surface area contributed by atoms with Gasteiger partial charge < -0.3 is 18.9 Å². The molecular weight excluding hydrogens is 292 g/mol. The molecule has 0 unspecified atom stereocenters. The predicted molar refractivity (Wildman–Crippen MR) is 90.5 cm³/mol. The van der Waals surface area contributed by atoms with E-state index in [4.69, 9.17) is 18.9 Å². The molecule has 0 amide bonds. The third kappa shape index (κ3) is 4.80. The van der Waals surface area contributed by atoms with Crippen molar-refractivity contribution in [2.24, 2.45) is 5.92 Å². The molecule has 0 spiro atoms. The smallest absolute Gasteiger partial charge is 0.164 e. The molecule has 4 heteroatoms. The highest BCUT2D eigenvalue weighted by Crippen LogP contribution is 2.35. The molecule has 4 nitrogen and oxygen atoms in total. The zero-order chi connectivity index (χ0) is 17.0. The molecule has 0 bridgehead atoms. The molecule has 23 heavy (non-hydrogen) atoms. The summed E-state index contributed by atoms with van der Waals surface area (Å²) in [5.74, 6) is 0.500. The molecule has 1 aromatic rings. The Morgan fingerprint density at radius 3 is 2.48 bits per heavy atom. The molecule has 0 radical (unpaired) electrons. The van der Waals surface area contributed by atoms with E-state index in [9.17, 15) is 0 Å². The van der Waals surface area contributed by atoms with E-state index < -0.39 is 5.79 Å². The van der Waals surface area contributed by atoms with E-state index in [0.717, 1.165) is 16.9 Å². The molecule has 3 atom stereocenters. The Hall–Kier alpha value is -1.36. The SMILES string of the molecule is C=C(C)[C@H]1OC(C)(C)O[C@@H]1[C@H](C)COCc1ccc(OC)cc1. The molecule has 0 N–H and O–H groups in total. The summed E-state index contributed by atoms with van der Waals surface area (Å²) < 4.78 is 23.0. The summed E-state index contributed by atoms with van der Waals surface area (Å²) in [6.07, 6.45) is -0.108. The minimum absolute atomic E-state index is 0.0293. The van der Waals surface area contributed by atoms with Crippen molar-refractivity contribution in [3.8, 4) is 5.75 Å². The maximum absolute atomic E-state index is 6.04. The molecular formula is C19H28O4. The third-order valence-electron chi connectivity index (χ3n) is 3.98. The topological polar surface area (TPSA) is 36.9 Å². The Bertz CT molecular complexity index is 521. The average Bonchev–Trinajstić information content (AvgIpc) is 2.84. The lowest BCUT2D eigenvalue weighted by Crippen LogP contribution is -2.32. The first-order valence-electron chi connectivity index (χ1n) is 8.04. The maximum atomic E-state index is 6.04. The largest absolute Gasteiger partial charge is 0.497 e. The standard InChI is InChI=1S/C19H28O4/c1-13(2)17-18(23-19(4,5)22-17)14(3)11-21-12-15-7-9-16(20-6)10-8-15/h7-10,14,17-18H,1,11-12H2,2-6H3/t14-,17-,18-/m1/s1. The lowest BCUT2D eigenvalue weighted by atomic mass is 9.97. The first-order valence-corrected chi connectivity index (χ1v) is 8.04. The minimum atomic E-state index is -0.571. The summed E-state index contributed by atoms with van der Waals surface area (Å²) in [4.78, 5) is 0. The Balaban J connectivity index is 1.85. The van der Waals surface area contributed by atoms with E-state index in [1.165, 1.54) is 0 Å². The number of rotatable bonds is 7. The first-order chi connectivity index (χ1) is 10.8. The van der Waals surface area contributed by atoms with E-state index in [1.807, 2.05) is 45.0 Å². The Morgan fingerprint density at radius 1 is 1.26 bits per heavy atom. The van der Waals surface area contributed by atoms with Crippen LogP contribution in [0.25, 0.3) is 0 Å². The number of ether oxygens (including phenoxy) is 4. The molecule has 2 rings (SSSR count). The van der Waals surface area contributed by atoms with E-state index in [0.29, 0.717) is 13.2 Å². The summed E-state index contributed by atoms with van der Waals surface area (Å²) >= 11 is 0. The van der Waals surface area contributed by atoms with Gasteiger partial charge in [-0.2, -0.15) is 0 Å². The second kappa shape index (κ2) is 7.47. The number of hydrogen-bond donors (Lipinski definition) is 0. The van der Waals surface area contributed by atoms with Gasteiger partial charge >= 0.3 is 0 Å². The lowest BCUT2D eigenvalue weighted by Gasteiger charge is -2.23. The van der Waals surface area contributed by atoms with E-state index >= 15 is 0 Å². The Morgan fingerprint density at radius 2 is 1.91 bits per heavy atom. The summed E-state index contributed by atoms with van der Waals surface area (Å²) in [7, 11) is 1.66. The molecule has 1 aliphatic rings. The van der Waals surface area contributed by atoms with Crippen LogP contribution in [0.2, 0.25) is 0 Å². The average molecular weight is 320 g/mol. The van der Waals surface area contributed by atoms with E-state index in [-0.39, 0.29) is 18.1 Å². The van der Waals surface area contributed by atoms with Crippen LogP contribution in [0.4, 0.5) is 0 Å². The van der Waals surface area contributed by atoms with Gasteiger partial charge in [-0.25, -0.2) is 0 Å². The summed E-state index contributed by atoms with van der Waals surface area (Å²) in [5.41, 5.74) is 2.11. The van der Waals surface area contributed by atoms with Gasteiger partial charge in [-0.05, 0) is 44.0 Å². The molecule has 1 heterocycles. The molecule has 1 aliphatic heterocycles.